The molecule has 10 heteroatoms. The number of aromatic hydroxyl groups is 1. The van der Waals surface area contributed by atoms with Crippen molar-refractivity contribution >= 4 is 23.2 Å². The highest BCUT2D eigenvalue weighted by atomic mass is 35.5. The first kappa shape index (κ1) is 21.7. The highest BCUT2D eigenvalue weighted by Gasteiger charge is 2.28. The first-order chi connectivity index (χ1) is 16.5. The van der Waals surface area contributed by atoms with E-state index in [1.54, 1.807) is 23.2 Å². The first-order valence-corrected chi connectivity index (χ1v) is 11.1. The van der Waals surface area contributed by atoms with Gasteiger partial charge >= 0.3 is 0 Å². The summed E-state index contributed by atoms with van der Waals surface area (Å²) in [5, 5.41) is 19.0. The summed E-state index contributed by atoms with van der Waals surface area (Å²) in [6.07, 6.45) is 2.99. The number of benzene rings is 2. The van der Waals surface area contributed by atoms with E-state index in [0.29, 0.717) is 37.6 Å². The van der Waals surface area contributed by atoms with Crippen molar-refractivity contribution in [1.29, 1.82) is 0 Å². The van der Waals surface area contributed by atoms with Crippen LogP contribution in [0.15, 0.2) is 77.9 Å². The zero-order chi connectivity index (χ0) is 23.7. The molecule has 3 heterocycles. The van der Waals surface area contributed by atoms with Gasteiger partial charge in [-0.15, -0.1) is 0 Å². The van der Waals surface area contributed by atoms with Crippen LogP contribution >= 0.6 is 11.6 Å². The Hall–Kier alpha value is -4.11. The normalized spacial score (nSPS) is 13.8. The van der Waals surface area contributed by atoms with Crippen molar-refractivity contribution < 1.29 is 9.90 Å². The number of para-hydroxylation sites is 2. The largest absolute Gasteiger partial charge is 0.504 e. The lowest BCUT2D eigenvalue weighted by Gasteiger charge is -2.35. The summed E-state index contributed by atoms with van der Waals surface area (Å²) in [4.78, 5) is 29.4. The van der Waals surface area contributed by atoms with Gasteiger partial charge in [-0.1, -0.05) is 48.0 Å². The lowest BCUT2D eigenvalue weighted by molar-refractivity contribution is 0.0737. The van der Waals surface area contributed by atoms with E-state index in [4.69, 9.17) is 11.6 Å². The van der Waals surface area contributed by atoms with E-state index in [0.717, 1.165) is 5.69 Å². The summed E-state index contributed by atoms with van der Waals surface area (Å²) in [6, 6.07) is 18.3. The third-order valence-electron chi connectivity index (χ3n) is 5.73. The number of piperazine rings is 1. The van der Waals surface area contributed by atoms with Crippen molar-refractivity contribution in [2.75, 3.05) is 31.1 Å². The summed E-state index contributed by atoms with van der Waals surface area (Å²) >= 11 is 6.42. The summed E-state index contributed by atoms with van der Waals surface area (Å²) in [5.41, 5.74) is 1.50. The molecule has 0 bridgehead atoms. The van der Waals surface area contributed by atoms with Gasteiger partial charge in [0, 0.05) is 26.2 Å². The second-order valence-corrected chi connectivity index (χ2v) is 8.20. The number of carbonyl (C=O) groups is 1. The van der Waals surface area contributed by atoms with E-state index in [1.807, 2.05) is 53.4 Å². The average molecular weight is 477 g/mol. The Labute approximate surface area is 200 Å². The quantitative estimate of drug-likeness (QED) is 0.486. The predicted octanol–water partition coefficient (Wildman–Crippen LogP) is 2.74. The van der Waals surface area contributed by atoms with Crippen LogP contribution < -0.4 is 10.5 Å². The van der Waals surface area contributed by atoms with Crippen LogP contribution in [-0.4, -0.2) is 61.7 Å². The number of amides is 1. The van der Waals surface area contributed by atoms with Crippen molar-refractivity contribution in [2.45, 2.75) is 0 Å². The predicted molar refractivity (Wildman–Crippen MR) is 128 cm³/mol. The van der Waals surface area contributed by atoms with Crippen molar-refractivity contribution in [3.05, 3.63) is 94.1 Å². The van der Waals surface area contributed by atoms with Gasteiger partial charge in [-0.25, -0.2) is 4.68 Å². The van der Waals surface area contributed by atoms with E-state index in [9.17, 15) is 14.7 Å². The van der Waals surface area contributed by atoms with Gasteiger partial charge in [-0.05, 0) is 24.3 Å². The molecule has 1 aliphatic rings. The molecule has 1 saturated heterocycles. The smallest absolute Gasteiger partial charge is 0.292 e. The SMILES string of the molecule is O=C(c1nn(-c2ccccc2)cc1O)N1CCN(c2cnn(-c3ccccc3)c(=O)c2Cl)CC1. The van der Waals surface area contributed by atoms with Crippen LogP contribution in [-0.2, 0) is 0 Å². The molecule has 4 aromatic rings. The fourth-order valence-corrected chi connectivity index (χ4v) is 4.18. The van der Waals surface area contributed by atoms with Gasteiger partial charge in [0.1, 0.15) is 5.02 Å². The lowest BCUT2D eigenvalue weighted by Crippen LogP contribution is -2.49. The molecule has 0 spiro atoms. The van der Waals surface area contributed by atoms with Gasteiger partial charge in [0.05, 0.1) is 29.5 Å². The fraction of sp³-hybridized carbons (Fsp3) is 0.167. The molecule has 1 amide bonds. The van der Waals surface area contributed by atoms with Gasteiger partial charge in [0.25, 0.3) is 11.5 Å². The van der Waals surface area contributed by atoms with Gasteiger partial charge in [-0.2, -0.15) is 14.9 Å². The Kier molecular flexibility index (Phi) is 5.77. The topological polar surface area (TPSA) is 96.5 Å². The van der Waals surface area contributed by atoms with Crippen LogP contribution in [0.5, 0.6) is 5.75 Å². The Morgan fingerprint density at radius 3 is 2.18 bits per heavy atom. The second kappa shape index (κ2) is 9.03. The Balaban J connectivity index is 1.30. The molecule has 1 aliphatic heterocycles. The summed E-state index contributed by atoms with van der Waals surface area (Å²) in [7, 11) is 0. The van der Waals surface area contributed by atoms with Crippen LogP contribution in [0, 0.1) is 0 Å². The monoisotopic (exact) mass is 476 g/mol. The third-order valence-corrected chi connectivity index (χ3v) is 6.08. The average Bonchev–Trinajstić information content (AvgIpc) is 3.28. The fourth-order valence-electron chi connectivity index (χ4n) is 3.93. The van der Waals surface area contributed by atoms with Crippen LogP contribution in [0.2, 0.25) is 5.02 Å². The van der Waals surface area contributed by atoms with Gasteiger partial charge < -0.3 is 14.9 Å². The lowest BCUT2D eigenvalue weighted by atomic mass is 10.2. The maximum Gasteiger partial charge on any atom is 0.292 e. The molecule has 2 aromatic heterocycles. The number of carbonyl (C=O) groups excluding carboxylic acids is 1. The molecule has 1 fully saturated rings. The molecule has 2 aromatic carbocycles. The number of nitrogens with zero attached hydrogens (tertiary/aromatic N) is 6. The van der Waals surface area contributed by atoms with Gasteiger partial charge in [0.2, 0.25) is 0 Å². The Bertz CT molecular complexity index is 1380. The van der Waals surface area contributed by atoms with Crippen LogP contribution in [0.4, 0.5) is 5.69 Å². The number of aromatic nitrogens is 4. The summed E-state index contributed by atoms with van der Waals surface area (Å²) in [6.45, 7) is 1.69. The number of halogens is 1. The molecule has 0 radical (unpaired) electrons. The Morgan fingerprint density at radius 1 is 0.912 bits per heavy atom. The second-order valence-electron chi connectivity index (χ2n) is 7.82. The zero-order valence-electron chi connectivity index (χ0n) is 18.1. The van der Waals surface area contributed by atoms with E-state index in [2.05, 4.69) is 10.2 Å². The summed E-state index contributed by atoms with van der Waals surface area (Å²) < 4.78 is 2.74. The van der Waals surface area contributed by atoms with Crippen LogP contribution in [0.25, 0.3) is 11.4 Å². The standard InChI is InChI=1S/C24H21ClN6O3/c25-21-19(15-26-31(23(21)33)18-9-5-2-6-10-18)28-11-13-29(14-12-28)24(34)22-20(32)16-30(27-22)17-7-3-1-4-8-17/h1-10,15-16,32H,11-14H2. The Morgan fingerprint density at radius 2 is 1.53 bits per heavy atom. The van der Waals surface area contributed by atoms with Crippen molar-refractivity contribution in [2.24, 2.45) is 0 Å². The van der Waals surface area contributed by atoms with Gasteiger partial charge in [-0.3, -0.25) is 9.59 Å². The van der Waals surface area contributed by atoms with Crippen molar-refractivity contribution in [3.8, 4) is 17.1 Å². The molecule has 0 unspecified atom stereocenters. The highest BCUT2D eigenvalue weighted by molar-refractivity contribution is 6.33. The van der Waals surface area contributed by atoms with Crippen LogP contribution in [0.3, 0.4) is 0 Å². The third kappa shape index (κ3) is 4.01. The number of anilines is 1. The van der Waals surface area contributed by atoms with Gasteiger partial charge in [0.15, 0.2) is 11.4 Å². The van der Waals surface area contributed by atoms with E-state index >= 15 is 0 Å². The number of hydrogen-bond acceptors (Lipinski definition) is 6. The molecule has 1 N–H and O–H groups in total. The molecular weight excluding hydrogens is 456 g/mol. The van der Waals surface area contributed by atoms with E-state index in [-0.39, 0.29) is 22.4 Å². The number of hydrogen-bond donors (Lipinski definition) is 1. The molecule has 9 nitrogen and oxygen atoms in total. The maximum atomic E-state index is 13.0. The molecule has 5 rings (SSSR count). The van der Waals surface area contributed by atoms with Crippen molar-refractivity contribution in [1.82, 2.24) is 24.5 Å². The molecular formula is C24H21ClN6O3. The molecule has 0 aliphatic carbocycles. The minimum Gasteiger partial charge on any atom is -0.504 e. The first-order valence-electron chi connectivity index (χ1n) is 10.7. The molecule has 34 heavy (non-hydrogen) atoms. The van der Waals surface area contributed by atoms with E-state index in [1.165, 1.54) is 15.6 Å². The minimum absolute atomic E-state index is 0.00228. The molecule has 0 atom stereocenters. The van der Waals surface area contributed by atoms with E-state index < -0.39 is 5.56 Å². The number of rotatable bonds is 4. The van der Waals surface area contributed by atoms with Crippen molar-refractivity contribution in [3.63, 3.8) is 0 Å². The maximum absolute atomic E-state index is 13.0. The minimum atomic E-state index is -0.403. The zero-order valence-corrected chi connectivity index (χ0v) is 18.8. The molecule has 0 saturated carbocycles. The summed E-state index contributed by atoms with van der Waals surface area (Å²) in [5.74, 6) is -0.524. The highest BCUT2D eigenvalue weighted by Crippen LogP contribution is 2.25. The molecule has 172 valence electrons. The van der Waals surface area contributed by atoms with Crippen LogP contribution in [0.1, 0.15) is 10.5 Å².